The summed E-state index contributed by atoms with van der Waals surface area (Å²) in [6, 6.07) is 4.24. The van der Waals surface area contributed by atoms with Crippen LogP contribution in [0.2, 0.25) is 0 Å². The van der Waals surface area contributed by atoms with Gasteiger partial charge in [0, 0.05) is 19.1 Å². The Morgan fingerprint density at radius 3 is 2.93 bits per heavy atom. The van der Waals surface area contributed by atoms with E-state index in [4.69, 9.17) is 0 Å². The molecule has 0 fully saturated rings. The second-order valence-corrected chi connectivity index (χ2v) is 4.44. The van der Waals surface area contributed by atoms with Gasteiger partial charge in [0.05, 0.1) is 4.88 Å². The Morgan fingerprint density at radius 1 is 1.53 bits per heavy atom. The molecule has 0 aliphatic heterocycles. The maximum atomic E-state index is 11.5. The first kappa shape index (κ1) is 12.2. The van der Waals surface area contributed by atoms with Crippen LogP contribution < -0.4 is 10.6 Å². The van der Waals surface area contributed by atoms with Crippen LogP contribution in [0.5, 0.6) is 0 Å². The summed E-state index contributed by atoms with van der Waals surface area (Å²) in [4.78, 5) is 12.3. The van der Waals surface area contributed by atoms with Crippen molar-refractivity contribution in [3.8, 4) is 0 Å². The van der Waals surface area contributed by atoms with Crippen LogP contribution in [0.15, 0.2) is 17.5 Å². The van der Waals surface area contributed by atoms with Crippen LogP contribution in [-0.4, -0.2) is 25.0 Å². The Hall–Kier alpha value is -0.870. The molecule has 0 aromatic carbocycles. The maximum absolute atomic E-state index is 11.5. The number of nitrogens with one attached hydrogen (secondary N) is 2. The maximum Gasteiger partial charge on any atom is 0.261 e. The summed E-state index contributed by atoms with van der Waals surface area (Å²) in [6.07, 6.45) is 1.11. The van der Waals surface area contributed by atoms with Crippen LogP contribution in [0, 0.1) is 0 Å². The van der Waals surface area contributed by atoms with Gasteiger partial charge in [-0.3, -0.25) is 4.79 Å². The molecular weight excluding hydrogens is 208 g/mol. The van der Waals surface area contributed by atoms with Gasteiger partial charge in [-0.1, -0.05) is 13.0 Å². The van der Waals surface area contributed by atoms with Gasteiger partial charge in [0.25, 0.3) is 5.91 Å². The van der Waals surface area contributed by atoms with Crippen LogP contribution in [-0.2, 0) is 0 Å². The summed E-state index contributed by atoms with van der Waals surface area (Å²) < 4.78 is 0. The van der Waals surface area contributed by atoms with Gasteiger partial charge in [0.15, 0.2) is 0 Å². The van der Waals surface area contributed by atoms with Crippen LogP contribution in [0.25, 0.3) is 0 Å². The Balaban J connectivity index is 2.13. The molecule has 1 aromatic heterocycles. The van der Waals surface area contributed by atoms with Gasteiger partial charge < -0.3 is 10.6 Å². The van der Waals surface area contributed by atoms with Gasteiger partial charge in [-0.15, -0.1) is 11.3 Å². The van der Waals surface area contributed by atoms with E-state index in [2.05, 4.69) is 24.5 Å². The number of rotatable bonds is 6. The van der Waals surface area contributed by atoms with Crippen molar-refractivity contribution < 1.29 is 4.79 Å². The molecule has 3 nitrogen and oxygen atoms in total. The molecule has 0 spiro atoms. The summed E-state index contributed by atoms with van der Waals surface area (Å²) in [5.74, 6) is 0.0240. The fourth-order valence-electron chi connectivity index (χ4n) is 1.13. The normalized spacial score (nSPS) is 12.4. The van der Waals surface area contributed by atoms with Gasteiger partial charge in [-0.25, -0.2) is 0 Å². The molecule has 4 heteroatoms. The van der Waals surface area contributed by atoms with Crippen molar-refractivity contribution in [2.24, 2.45) is 0 Å². The highest BCUT2D eigenvalue weighted by molar-refractivity contribution is 7.12. The molecule has 1 amide bonds. The monoisotopic (exact) mass is 226 g/mol. The van der Waals surface area contributed by atoms with Crippen molar-refractivity contribution >= 4 is 17.2 Å². The van der Waals surface area contributed by atoms with Crippen molar-refractivity contribution in [1.29, 1.82) is 0 Å². The number of carbonyl (C=O) groups excluding carboxylic acids is 1. The molecule has 2 N–H and O–H groups in total. The lowest BCUT2D eigenvalue weighted by atomic mass is 10.2. The lowest BCUT2D eigenvalue weighted by Gasteiger charge is -2.11. The van der Waals surface area contributed by atoms with Crippen molar-refractivity contribution in [2.45, 2.75) is 26.3 Å². The summed E-state index contributed by atoms with van der Waals surface area (Å²) in [6.45, 7) is 5.79. The zero-order valence-corrected chi connectivity index (χ0v) is 10.1. The highest BCUT2D eigenvalue weighted by Crippen LogP contribution is 2.07. The van der Waals surface area contributed by atoms with E-state index in [1.54, 1.807) is 0 Å². The van der Waals surface area contributed by atoms with E-state index in [0.29, 0.717) is 12.6 Å². The first-order valence-corrected chi connectivity index (χ1v) is 6.17. The fraction of sp³-hybridized carbons (Fsp3) is 0.545. The Kier molecular flexibility index (Phi) is 5.36. The van der Waals surface area contributed by atoms with E-state index in [1.807, 2.05) is 17.5 Å². The third-order valence-electron chi connectivity index (χ3n) is 2.26. The predicted molar refractivity (Wildman–Crippen MR) is 64.4 cm³/mol. The topological polar surface area (TPSA) is 41.1 Å². The van der Waals surface area contributed by atoms with E-state index < -0.39 is 0 Å². The zero-order valence-electron chi connectivity index (χ0n) is 9.25. The van der Waals surface area contributed by atoms with E-state index >= 15 is 0 Å². The molecule has 1 atom stereocenters. The van der Waals surface area contributed by atoms with Crippen LogP contribution >= 0.6 is 11.3 Å². The minimum atomic E-state index is 0.0240. The number of hydrogen-bond donors (Lipinski definition) is 2. The molecule has 0 radical (unpaired) electrons. The van der Waals surface area contributed by atoms with Gasteiger partial charge in [0.2, 0.25) is 0 Å². The SMILES string of the molecule is CCC(C)NCCNC(=O)c1cccs1. The summed E-state index contributed by atoms with van der Waals surface area (Å²) in [5, 5.41) is 8.10. The standard InChI is InChI=1S/C11H18N2OS/c1-3-9(2)12-6-7-13-11(14)10-5-4-8-15-10/h4-5,8-9,12H,3,6-7H2,1-2H3,(H,13,14). The molecule has 1 aromatic rings. The van der Waals surface area contributed by atoms with Crippen molar-refractivity contribution in [2.75, 3.05) is 13.1 Å². The first-order valence-electron chi connectivity index (χ1n) is 5.29. The minimum Gasteiger partial charge on any atom is -0.350 e. The Labute approximate surface area is 94.9 Å². The lowest BCUT2D eigenvalue weighted by Crippen LogP contribution is -2.35. The van der Waals surface area contributed by atoms with E-state index in [9.17, 15) is 4.79 Å². The molecule has 0 saturated heterocycles. The molecule has 15 heavy (non-hydrogen) atoms. The Bertz CT molecular complexity index is 285. The largest absolute Gasteiger partial charge is 0.350 e. The quantitative estimate of drug-likeness (QED) is 0.727. The van der Waals surface area contributed by atoms with Gasteiger partial charge >= 0.3 is 0 Å². The molecule has 1 rings (SSSR count). The average Bonchev–Trinajstić information content (AvgIpc) is 2.77. The predicted octanol–water partition coefficient (Wildman–Crippen LogP) is 1.87. The lowest BCUT2D eigenvalue weighted by molar-refractivity contribution is 0.0957. The fourth-order valence-corrected chi connectivity index (χ4v) is 1.77. The molecule has 84 valence electrons. The van der Waals surface area contributed by atoms with E-state index in [0.717, 1.165) is 17.8 Å². The van der Waals surface area contributed by atoms with E-state index in [1.165, 1.54) is 11.3 Å². The van der Waals surface area contributed by atoms with Crippen molar-refractivity contribution in [3.05, 3.63) is 22.4 Å². The highest BCUT2D eigenvalue weighted by atomic mass is 32.1. The van der Waals surface area contributed by atoms with E-state index in [-0.39, 0.29) is 5.91 Å². The summed E-state index contributed by atoms with van der Waals surface area (Å²) in [5.41, 5.74) is 0. The third kappa shape index (κ3) is 4.44. The summed E-state index contributed by atoms with van der Waals surface area (Å²) in [7, 11) is 0. The number of thiophene rings is 1. The van der Waals surface area contributed by atoms with Crippen LogP contribution in [0.4, 0.5) is 0 Å². The molecule has 0 aliphatic rings. The average molecular weight is 226 g/mol. The Morgan fingerprint density at radius 2 is 2.33 bits per heavy atom. The number of carbonyl (C=O) groups is 1. The van der Waals surface area contributed by atoms with Crippen molar-refractivity contribution in [3.63, 3.8) is 0 Å². The molecular formula is C11H18N2OS. The zero-order chi connectivity index (χ0) is 11.1. The smallest absolute Gasteiger partial charge is 0.261 e. The molecule has 0 aliphatic carbocycles. The van der Waals surface area contributed by atoms with Gasteiger partial charge in [-0.05, 0) is 24.8 Å². The molecule has 1 heterocycles. The van der Waals surface area contributed by atoms with Gasteiger partial charge in [0.1, 0.15) is 0 Å². The van der Waals surface area contributed by atoms with Gasteiger partial charge in [-0.2, -0.15) is 0 Å². The first-order chi connectivity index (χ1) is 7.24. The van der Waals surface area contributed by atoms with Crippen molar-refractivity contribution in [1.82, 2.24) is 10.6 Å². The second kappa shape index (κ2) is 6.58. The molecule has 0 bridgehead atoms. The van der Waals surface area contributed by atoms with Crippen LogP contribution in [0.1, 0.15) is 29.9 Å². The second-order valence-electron chi connectivity index (χ2n) is 3.50. The van der Waals surface area contributed by atoms with Crippen LogP contribution in [0.3, 0.4) is 0 Å². The summed E-state index contributed by atoms with van der Waals surface area (Å²) >= 11 is 1.47. The molecule has 1 unspecified atom stereocenters. The number of amides is 1. The highest BCUT2D eigenvalue weighted by Gasteiger charge is 2.04. The minimum absolute atomic E-state index is 0.0240. The third-order valence-corrected chi connectivity index (χ3v) is 3.13. The molecule has 0 saturated carbocycles. The number of hydrogen-bond acceptors (Lipinski definition) is 3.